The summed E-state index contributed by atoms with van der Waals surface area (Å²) in [6.07, 6.45) is 2.17. The Kier molecular flexibility index (Phi) is 7.48. The Morgan fingerprint density at radius 2 is 1.81 bits per heavy atom. The van der Waals surface area contributed by atoms with Crippen molar-refractivity contribution >= 4 is 34.7 Å². The van der Waals surface area contributed by atoms with Gasteiger partial charge in [0.1, 0.15) is 5.76 Å². The number of benzene rings is 1. The van der Waals surface area contributed by atoms with Gasteiger partial charge in [-0.2, -0.15) is 0 Å². The van der Waals surface area contributed by atoms with Crippen LogP contribution in [0.5, 0.6) is 0 Å². The average molecular weight is 454 g/mol. The second-order valence-electron chi connectivity index (χ2n) is 7.90. The first-order valence-electron chi connectivity index (χ1n) is 10.4. The molecule has 0 unspecified atom stereocenters. The monoisotopic (exact) mass is 453 g/mol. The van der Waals surface area contributed by atoms with Gasteiger partial charge in [-0.3, -0.25) is 19.3 Å². The van der Waals surface area contributed by atoms with Crippen LogP contribution in [0.25, 0.3) is 0 Å². The van der Waals surface area contributed by atoms with Gasteiger partial charge in [0.2, 0.25) is 5.91 Å². The first-order valence-corrected chi connectivity index (χ1v) is 11.2. The lowest BCUT2D eigenvalue weighted by Crippen LogP contribution is -2.52. The highest BCUT2D eigenvalue weighted by Crippen LogP contribution is 2.29. The number of thiophene rings is 1. The minimum atomic E-state index is -1.04. The van der Waals surface area contributed by atoms with Crippen LogP contribution in [0.3, 0.4) is 0 Å². The van der Waals surface area contributed by atoms with Crippen molar-refractivity contribution in [3.63, 3.8) is 0 Å². The van der Waals surface area contributed by atoms with E-state index in [2.05, 4.69) is 10.6 Å². The summed E-state index contributed by atoms with van der Waals surface area (Å²) in [5, 5.41) is 7.45. The molecule has 1 aromatic carbocycles. The van der Waals surface area contributed by atoms with Gasteiger partial charge in [-0.05, 0) is 56.0 Å². The summed E-state index contributed by atoms with van der Waals surface area (Å²) in [5.74, 6) is -0.816. The molecule has 2 aromatic heterocycles. The van der Waals surface area contributed by atoms with E-state index in [-0.39, 0.29) is 18.4 Å². The minimum absolute atomic E-state index is 0.271. The fourth-order valence-electron chi connectivity index (χ4n) is 3.07. The lowest BCUT2D eigenvalue weighted by molar-refractivity contribution is -0.128. The number of hydrogen-bond acceptors (Lipinski definition) is 5. The van der Waals surface area contributed by atoms with Crippen molar-refractivity contribution in [3.8, 4) is 0 Å². The molecule has 2 N–H and O–H groups in total. The van der Waals surface area contributed by atoms with E-state index < -0.39 is 17.5 Å². The maximum Gasteiger partial charge on any atom is 0.261 e. The normalized spacial score (nSPS) is 12.1. The molecule has 0 saturated carbocycles. The van der Waals surface area contributed by atoms with Gasteiger partial charge in [0.05, 0.1) is 17.7 Å². The van der Waals surface area contributed by atoms with E-state index in [4.69, 9.17) is 4.42 Å². The molecule has 3 rings (SSSR count). The lowest BCUT2D eigenvalue weighted by Gasteiger charge is -2.33. The fourth-order valence-corrected chi connectivity index (χ4v) is 3.71. The van der Waals surface area contributed by atoms with Crippen molar-refractivity contribution < 1.29 is 18.8 Å². The molecule has 1 atom stereocenters. The third-order valence-electron chi connectivity index (χ3n) is 5.11. The third kappa shape index (κ3) is 5.64. The van der Waals surface area contributed by atoms with Gasteiger partial charge >= 0.3 is 0 Å². The van der Waals surface area contributed by atoms with E-state index in [0.29, 0.717) is 22.7 Å². The van der Waals surface area contributed by atoms with E-state index in [9.17, 15) is 14.4 Å². The number of rotatable bonds is 9. The molecular formula is C24H27N3O4S. The van der Waals surface area contributed by atoms with E-state index in [1.165, 1.54) is 22.5 Å². The molecule has 3 amide bonds. The highest BCUT2D eigenvalue weighted by molar-refractivity contribution is 7.12. The fraction of sp³-hybridized carbons (Fsp3) is 0.292. The van der Waals surface area contributed by atoms with E-state index in [0.717, 1.165) is 0 Å². The summed E-state index contributed by atoms with van der Waals surface area (Å²) in [4.78, 5) is 41.0. The smallest absolute Gasteiger partial charge is 0.261 e. The third-order valence-corrected chi connectivity index (χ3v) is 5.98. The van der Waals surface area contributed by atoms with Crippen LogP contribution in [0, 0.1) is 0 Å². The molecular weight excluding hydrogens is 426 g/mol. The average Bonchev–Trinajstić information content (AvgIpc) is 3.50. The molecule has 0 radical (unpaired) electrons. The molecule has 8 heteroatoms. The Balaban J connectivity index is 1.93. The largest absolute Gasteiger partial charge is 0.467 e. The topological polar surface area (TPSA) is 91.7 Å². The van der Waals surface area contributed by atoms with E-state index >= 15 is 0 Å². The van der Waals surface area contributed by atoms with Crippen molar-refractivity contribution in [2.24, 2.45) is 0 Å². The number of para-hydroxylation sites is 1. The lowest BCUT2D eigenvalue weighted by atomic mass is 10.0. The maximum absolute atomic E-state index is 13.4. The van der Waals surface area contributed by atoms with Crippen LogP contribution >= 0.6 is 11.3 Å². The second kappa shape index (κ2) is 10.3. The molecule has 0 fully saturated rings. The molecule has 0 spiro atoms. The van der Waals surface area contributed by atoms with Crippen molar-refractivity contribution in [2.45, 2.75) is 38.8 Å². The Labute approximate surface area is 191 Å². The summed E-state index contributed by atoms with van der Waals surface area (Å²) >= 11 is 1.29. The SMILES string of the molecule is CCC(C)(C)NC(=O)[C@@H](c1ccco1)N(C(=O)CNC(=O)c1cccs1)c1ccccc1. The number of carbonyl (C=O) groups excluding carboxylic acids is 3. The summed E-state index contributed by atoms with van der Waals surface area (Å²) in [7, 11) is 0. The predicted molar refractivity (Wildman–Crippen MR) is 125 cm³/mol. The molecule has 0 aliphatic rings. The number of nitrogens with one attached hydrogen (secondary N) is 2. The zero-order valence-corrected chi connectivity index (χ0v) is 19.1. The quantitative estimate of drug-likeness (QED) is 0.509. The van der Waals surface area contributed by atoms with Crippen LogP contribution in [0.15, 0.2) is 70.7 Å². The van der Waals surface area contributed by atoms with Crippen molar-refractivity contribution in [1.82, 2.24) is 10.6 Å². The molecule has 0 aliphatic heterocycles. The van der Waals surface area contributed by atoms with Gasteiger partial charge in [-0.1, -0.05) is 31.2 Å². The Hall–Kier alpha value is -3.39. The van der Waals surface area contributed by atoms with Gasteiger partial charge in [0.25, 0.3) is 11.8 Å². The van der Waals surface area contributed by atoms with Crippen LogP contribution in [0.2, 0.25) is 0 Å². The van der Waals surface area contributed by atoms with Crippen LogP contribution in [0.1, 0.15) is 48.7 Å². The summed E-state index contributed by atoms with van der Waals surface area (Å²) in [5.41, 5.74) is 0.0505. The van der Waals surface area contributed by atoms with Crippen LogP contribution in [-0.2, 0) is 9.59 Å². The standard InChI is InChI=1S/C24H27N3O4S/c1-4-24(2,3)26-23(30)21(18-12-8-14-31-18)27(17-10-6-5-7-11-17)20(28)16-25-22(29)19-13-9-15-32-19/h5-15,21H,4,16H2,1-3H3,(H,25,29)(H,26,30)/t21-/m1/s1. The van der Waals surface area contributed by atoms with Gasteiger partial charge in [0, 0.05) is 11.2 Å². The number of furan rings is 1. The zero-order valence-electron chi connectivity index (χ0n) is 18.3. The highest BCUT2D eigenvalue weighted by Gasteiger charge is 2.36. The van der Waals surface area contributed by atoms with Crippen molar-refractivity contribution in [1.29, 1.82) is 0 Å². The molecule has 0 bridgehead atoms. The van der Waals surface area contributed by atoms with Crippen molar-refractivity contribution in [2.75, 3.05) is 11.4 Å². The molecule has 0 saturated heterocycles. The molecule has 2 heterocycles. The summed E-state index contributed by atoms with van der Waals surface area (Å²) in [6, 6.07) is 14.6. The summed E-state index contributed by atoms with van der Waals surface area (Å²) in [6.45, 7) is 5.54. The van der Waals surface area contributed by atoms with E-state index in [1.54, 1.807) is 53.9 Å². The maximum atomic E-state index is 13.4. The number of amides is 3. The number of anilines is 1. The number of hydrogen-bond donors (Lipinski definition) is 2. The first-order chi connectivity index (χ1) is 15.3. The van der Waals surface area contributed by atoms with Gasteiger partial charge in [-0.15, -0.1) is 11.3 Å². The molecule has 168 valence electrons. The first kappa shape index (κ1) is 23.3. The Bertz CT molecular complexity index is 1030. The van der Waals surface area contributed by atoms with E-state index in [1.807, 2.05) is 26.8 Å². The predicted octanol–water partition coefficient (Wildman–Crippen LogP) is 4.15. The van der Waals surface area contributed by atoms with Crippen LogP contribution < -0.4 is 15.5 Å². The summed E-state index contributed by atoms with van der Waals surface area (Å²) < 4.78 is 5.56. The molecule has 0 aliphatic carbocycles. The zero-order chi connectivity index (χ0) is 23.1. The van der Waals surface area contributed by atoms with Gasteiger partial charge < -0.3 is 15.1 Å². The highest BCUT2D eigenvalue weighted by atomic mass is 32.1. The van der Waals surface area contributed by atoms with Crippen LogP contribution in [0.4, 0.5) is 5.69 Å². The van der Waals surface area contributed by atoms with Crippen molar-refractivity contribution in [3.05, 3.63) is 76.9 Å². The molecule has 32 heavy (non-hydrogen) atoms. The minimum Gasteiger partial charge on any atom is -0.467 e. The number of nitrogens with zero attached hydrogens (tertiary/aromatic N) is 1. The molecule has 3 aromatic rings. The van der Waals surface area contributed by atoms with Gasteiger partial charge in [0.15, 0.2) is 6.04 Å². The Morgan fingerprint density at radius 1 is 1.06 bits per heavy atom. The van der Waals surface area contributed by atoms with Gasteiger partial charge in [-0.25, -0.2) is 0 Å². The van der Waals surface area contributed by atoms with Crippen LogP contribution in [-0.4, -0.2) is 29.8 Å². The number of carbonyl (C=O) groups is 3. The Morgan fingerprint density at radius 3 is 2.41 bits per heavy atom. The second-order valence-corrected chi connectivity index (χ2v) is 8.85. The molecule has 7 nitrogen and oxygen atoms in total.